The van der Waals surface area contributed by atoms with Crippen LogP contribution in [0.4, 0.5) is 0 Å². The summed E-state index contributed by atoms with van der Waals surface area (Å²) in [6, 6.07) is 0.147. The fourth-order valence-corrected chi connectivity index (χ4v) is 3.92. The van der Waals surface area contributed by atoms with E-state index < -0.39 is 0 Å². The number of hydrogen-bond donors (Lipinski definition) is 0. The SMILES string of the molecule is Cc1ncc(C(=O)N2CCC[C@H]2c2c(C)nn(C)c2C)s1. The summed E-state index contributed by atoms with van der Waals surface area (Å²) in [6.45, 7) is 6.85. The fraction of sp³-hybridized carbons (Fsp3) is 0.533. The summed E-state index contributed by atoms with van der Waals surface area (Å²) >= 11 is 1.47. The molecule has 1 aliphatic heterocycles. The highest BCUT2D eigenvalue weighted by Gasteiger charge is 2.34. The highest BCUT2D eigenvalue weighted by atomic mass is 32.1. The van der Waals surface area contributed by atoms with Crippen LogP contribution >= 0.6 is 11.3 Å². The molecule has 0 bridgehead atoms. The topological polar surface area (TPSA) is 51.0 Å². The summed E-state index contributed by atoms with van der Waals surface area (Å²) < 4.78 is 1.91. The monoisotopic (exact) mass is 304 g/mol. The quantitative estimate of drug-likeness (QED) is 0.857. The van der Waals surface area contributed by atoms with Gasteiger partial charge in [-0.25, -0.2) is 4.98 Å². The van der Waals surface area contributed by atoms with Crippen molar-refractivity contribution in [3.63, 3.8) is 0 Å². The molecule has 0 aliphatic carbocycles. The molecule has 0 spiro atoms. The third-order valence-corrected chi connectivity index (χ3v) is 5.14. The summed E-state index contributed by atoms with van der Waals surface area (Å²) in [4.78, 5) is 19.7. The number of likely N-dealkylation sites (tertiary alicyclic amines) is 1. The lowest BCUT2D eigenvalue weighted by Gasteiger charge is -2.24. The second-order valence-corrected chi connectivity index (χ2v) is 6.84. The van der Waals surface area contributed by atoms with Crippen molar-refractivity contribution in [2.24, 2.45) is 7.05 Å². The lowest BCUT2D eigenvalue weighted by atomic mass is 10.0. The van der Waals surface area contributed by atoms with E-state index in [4.69, 9.17) is 0 Å². The molecule has 0 unspecified atom stereocenters. The minimum atomic E-state index is 0.103. The van der Waals surface area contributed by atoms with Gasteiger partial charge in [-0.15, -0.1) is 11.3 Å². The molecule has 1 saturated heterocycles. The molecule has 3 heterocycles. The number of aromatic nitrogens is 3. The Kier molecular flexibility index (Phi) is 3.57. The van der Waals surface area contributed by atoms with Gasteiger partial charge in [0.05, 0.1) is 22.9 Å². The van der Waals surface area contributed by atoms with Crippen molar-refractivity contribution in [3.05, 3.63) is 33.0 Å². The standard InChI is InChI=1S/C15H20N4OS/c1-9-14(10(2)18(4)17-9)12-6-5-7-19(12)15(20)13-8-16-11(3)21-13/h8,12H,5-7H2,1-4H3/t12-/m0/s1. The molecule has 21 heavy (non-hydrogen) atoms. The summed E-state index contributed by atoms with van der Waals surface area (Å²) in [5.41, 5.74) is 3.39. The zero-order valence-corrected chi connectivity index (χ0v) is 13.7. The van der Waals surface area contributed by atoms with E-state index in [0.717, 1.165) is 40.7 Å². The predicted octanol–water partition coefficient (Wildman–Crippen LogP) is 2.78. The second kappa shape index (κ2) is 5.26. The van der Waals surface area contributed by atoms with Crippen LogP contribution in [0, 0.1) is 20.8 Å². The number of hydrogen-bond acceptors (Lipinski definition) is 4. The van der Waals surface area contributed by atoms with Crippen molar-refractivity contribution in [2.75, 3.05) is 6.54 Å². The first kappa shape index (κ1) is 14.3. The Bertz CT molecular complexity index is 688. The highest BCUT2D eigenvalue weighted by molar-refractivity contribution is 7.13. The molecular formula is C15H20N4OS. The van der Waals surface area contributed by atoms with E-state index in [1.165, 1.54) is 16.9 Å². The normalized spacial score (nSPS) is 18.5. The number of rotatable bonds is 2. The maximum atomic E-state index is 12.7. The number of aryl methyl sites for hydroxylation is 3. The van der Waals surface area contributed by atoms with Crippen LogP contribution in [-0.2, 0) is 7.05 Å². The average Bonchev–Trinajstić information content (AvgIpc) is 3.11. The third kappa shape index (κ3) is 2.37. The Morgan fingerprint density at radius 3 is 2.71 bits per heavy atom. The molecule has 2 aromatic rings. The van der Waals surface area contributed by atoms with Crippen LogP contribution in [0.1, 0.15) is 50.5 Å². The van der Waals surface area contributed by atoms with Gasteiger partial charge in [0, 0.05) is 24.8 Å². The molecule has 6 heteroatoms. The number of thiazole rings is 1. The molecule has 0 radical (unpaired) electrons. The van der Waals surface area contributed by atoms with E-state index in [2.05, 4.69) is 17.0 Å². The number of nitrogens with zero attached hydrogens (tertiary/aromatic N) is 4. The Balaban J connectivity index is 1.94. The first-order chi connectivity index (χ1) is 9.99. The summed E-state index contributed by atoms with van der Waals surface area (Å²) in [7, 11) is 1.96. The summed E-state index contributed by atoms with van der Waals surface area (Å²) in [6.07, 6.45) is 3.75. The maximum absolute atomic E-state index is 12.7. The minimum absolute atomic E-state index is 0.103. The highest BCUT2D eigenvalue weighted by Crippen LogP contribution is 2.36. The van der Waals surface area contributed by atoms with Crippen LogP contribution in [0.3, 0.4) is 0 Å². The zero-order valence-electron chi connectivity index (χ0n) is 12.9. The molecule has 112 valence electrons. The molecule has 1 atom stereocenters. The van der Waals surface area contributed by atoms with Crippen LogP contribution in [-0.4, -0.2) is 32.1 Å². The predicted molar refractivity (Wildman–Crippen MR) is 82.5 cm³/mol. The van der Waals surface area contributed by atoms with Gasteiger partial charge in [-0.1, -0.05) is 0 Å². The van der Waals surface area contributed by atoms with Gasteiger partial charge < -0.3 is 4.90 Å². The van der Waals surface area contributed by atoms with Crippen LogP contribution < -0.4 is 0 Å². The molecule has 5 nitrogen and oxygen atoms in total. The molecule has 1 amide bonds. The summed E-state index contributed by atoms with van der Waals surface area (Å²) in [5.74, 6) is 0.103. The van der Waals surface area contributed by atoms with Crippen molar-refractivity contribution in [1.29, 1.82) is 0 Å². The largest absolute Gasteiger partial charge is 0.331 e. The first-order valence-electron chi connectivity index (χ1n) is 7.22. The minimum Gasteiger partial charge on any atom is -0.331 e. The van der Waals surface area contributed by atoms with E-state index >= 15 is 0 Å². The van der Waals surface area contributed by atoms with E-state index in [0.29, 0.717) is 0 Å². The number of carbonyl (C=O) groups is 1. The van der Waals surface area contributed by atoms with Crippen LogP contribution in [0.2, 0.25) is 0 Å². The van der Waals surface area contributed by atoms with Crippen molar-refractivity contribution in [1.82, 2.24) is 19.7 Å². The Labute approximate surface area is 128 Å². The Morgan fingerprint density at radius 2 is 2.14 bits per heavy atom. The Hall–Kier alpha value is -1.69. The van der Waals surface area contributed by atoms with Crippen LogP contribution in [0.15, 0.2) is 6.20 Å². The third-order valence-electron chi connectivity index (χ3n) is 4.24. The first-order valence-corrected chi connectivity index (χ1v) is 8.04. The van der Waals surface area contributed by atoms with E-state index in [-0.39, 0.29) is 11.9 Å². The van der Waals surface area contributed by atoms with Gasteiger partial charge in [0.25, 0.3) is 5.91 Å². The van der Waals surface area contributed by atoms with E-state index in [9.17, 15) is 4.79 Å². The van der Waals surface area contributed by atoms with Crippen molar-refractivity contribution >= 4 is 17.2 Å². The second-order valence-electron chi connectivity index (χ2n) is 5.61. The Morgan fingerprint density at radius 1 is 1.38 bits per heavy atom. The van der Waals surface area contributed by atoms with Crippen LogP contribution in [0.5, 0.6) is 0 Å². The lowest BCUT2D eigenvalue weighted by Crippen LogP contribution is -2.30. The van der Waals surface area contributed by atoms with Gasteiger partial charge in [-0.3, -0.25) is 9.48 Å². The average molecular weight is 304 g/mol. The van der Waals surface area contributed by atoms with Gasteiger partial charge >= 0.3 is 0 Å². The van der Waals surface area contributed by atoms with Crippen LogP contribution in [0.25, 0.3) is 0 Å². The molecule has 3 rings (SSSR count). The lowest BCUT2D eigenvalue weighted by molar-refractivity contribution is 0.0739. The maximum Gasteiger partial charge on any atom is 0.266 e. The van der Waals surface area contributed by atoms with Gasteiger partial charge in [0.1, 0.15) is 4.88 Å². The van der Waals surface area contributed by atoms with Crippen molar-refractivity contribution < 1.29 is 4.79 Å². The molecule has 0 N–H and O–H groups in total. The van der Waals surface area contributed by atoms with Crippen molar-refractivity contribution in [2.45, 2.75) is 39.7 Å². The molecule has 1 aliphatic rings. The molecule has 1 fully saturated rings. The van der Waals surface area contributed by atoms with E-state index in [1.807, 2.05) is 30.5 Å². The number of amides is 1. The van der Waals surface area contributed by atoms with Gasteiger partial charge in [-0.05, 0) is 33.6 Å². The van der Waals surface area contributed by atoms with Gasteiger partial charge in [0.15, 0.2) is 0 Å². The molecule has 0 saturated carbocycles. The molecule has 0 aromatic carbocycles. The summed E-state index contributed by atoms with van der Waals surface area (Å²) in [5, 5.41) is 5.43. The zero-order chi connectivity index (χ0) is 15.1. The number of carbonyl (C=O) groups excluding carboxylic acids is 1. The van der Waals surface area contributed by atoms with Gasteiger partial charge in [0.2, 0.25) is 0 Å². The van der Waals surface area contributed by atoms with Crippen molar-refractivity contribution in [3.8, 4) is 0 Å². The molecular weight excluding hydrogens is 284 g/mol. The molecule has 2 aromatic heterocycles. The fourth-order valence-electron chi connectivity index (χ4n) is 3.18. The smallest absolute Gasteiger partial charge is 0.266 e. The van der Waals surface area contributed by atoms with E-state index in [1.54, 1.807) is 6.20 Å². The van der Waals surface area contributed by atoms with Gasteiger partial charge in [-0.2, -0.15) is 5.10 Å².